The first-order valence-corrected chi connectivity index (χ1v) is 7.68. The SMILES string of the molecule is NC(=O)C(N)CCN1CCC(N2CCCCC2)CC1. The van der Waals surface area contributed by atoms with E-state index in [4.69, 9.17) is 11.5 Å². The van der Waals surface area contributed by atoms with Crippen LogP contribution in [-0.4, -0.2) is 60.5 Å². The van der Waals surface area contributed by atoms with Crippen molar-refractivity contribution in [3.05, 3.63) is 0 Å². The molecular weight excluding hydrogens is 240 g/mol. The Balaban J connectivity index is 1.66. The minimum atomic E-state index is -0.486. The molecule has 0 spiro atoms. The summed E-state index contributed by atoms with van der Waals surface area (Å²) in [5.74, 6) is -0.386. The van der Waals surface area contributed by atoms with Gasteiger partial charge in [0.1, 0.15) is 0 Å². The molecule has 0 radical (unpaired) electrons. The highest BCUT2D eigenvalue weighted by Crippen LogP contribution is 2.20. The number of nitrogens with zero attached hydrogens (tertiary/aromatic N) is 2. The molecule has 110 valence electrons. The molecular formula is C14H28N4O. The molecule has 0 saturated carbocycles. The Bertz CT molecular complexity index is 283. The van der Waals surface area contributed by atoms with Crippen LogP contribution in [0.2, 0.25) is 0 Å². The summed E-state index contributed by atoms with van der Waals surface area (Å²) < 4.78 is 0. The number of amides is 1. The standard InChI is InChI=1S/C14H28N4O/c15-13(14(16)19)6-11-17-9-4-12(5-10-17)18-7-2-1-3-8-18/h12-13H,1-11,15H2,(H2,16,19). The zero-order chi connectivity index (χ0) is 13.7. The third-order valence-electron chi connectivity index (χ3n) is 4.59. The van der Waals surface area contributed by atoms with Crippen LogP contribution < -0.4 is 11.5 Å². The Morgan fingerprint density at radius 2 is 1.74 bits per heavy atom. The van der Waals surface area contributed by atoms with Crippen LogP contribution in [-0.2, 0) is 4.79 Å². The Kier molecular flexibility index (Phi) is 5.60. The first-order valence-electron chi connectivity index (χ1n) is 7.68. The molecule has 0 bridgehead atoms. The van der Waals surface area contributed by atoms with Crippen LogP contribution in [0.5, 0.6) is 0 Å². The highest BCUT2D eigenvalue weighted by molar-refractivity contribution is 5.79. The molecule has 2 rings (SSSR count). The molecule has 0 aliphatic carbocycles. The molecule has 2 fully saturated rings. The summed E-state index contributed by atoms with van der Waals surface area (Å²) in [6.45, 7) is 5.74. The number of hydrogen-bond acceptors (Lipinski definition) is 4. The molecule has 1 unspecified atom stereocenters. The van der Waals surface area contributed by atoms with Crippen LogP contribution in [0, 0.1) is 0 Å². The van der Waals surface area contributed by atoms with Crippen molar-refractivity contribution in [3.63, 3.8) is 0 Å². The van der Waals surface area contributed by atoms with Gasteiger partial charge in [0.2, 0.25) is 5.91 Å². The summed E-state index contributed by atoms with van der Waals surface area (Å²) in [4.78, 5) is 16.0. The predicted molar refractivity (Wildman–Crippen MR) is 76.7 cm³/mol. The molecule has 5 nitrogen and oxygen atoms in total. The van der Waals surface area contributed by atoms with Crippen LogP contribution in [0.3, 0.4) is 0 Å². The van der Waals surface area contributed by atoms with Crippen LogP contribution in [0.1, 0.15) is 38.5 Å². The molecule has 5 heteroatoms. The van der Waals surface area contributed by atoms with Gasteiger partial charge in [-0.2, -0.15) is 0 Å². The van der Waals surface area contributed by atoms with E-state index < -0.39 is 6.04 Å². The number of primary amides is 1. The number of hydrogen-bond donors (Lipinski definition) is 2. The minimum Gasteiger partial charge on any atom is -0.368 e. The third kappa shape index (κ3) is 4.44. The zero-order valence-corrected chi connectivity index (χ0v) is 11.9. The van der Waals surface area contributed by atoms with Crippen LogP contribution in [0.25, 0.3) is 0 Å². The first-order chi connectivity index (χ1) is 9.16. The van der Waals surface area contributed by atoms with E-state index in [9.17, 15) is 4.79 Å². The van der Waals surface area contributed by atoms with Gasteiger partial charge < -0.3 is 21.3 Å². The first kappa shape index (κ1) is 14.8. The van der Waals surface area contributed by atoms with E-state index in [2.05, 4.69) is 9.80 Å². The van der Waals surface area contributed by atoms with Crippen molar-refractivity contribution in [1.82, 2.24) is 9.80 Å². The fourth-order valence-electron chi connectivity index (χ4n) is 3.26. The van der Waals surface area contributed by atoms with Gasteiger partial charge in [-0.05, 0) is 58.3 Å². The minimum absolute atomic E-state index is 0.386. The maximum absolute atomic E-state index is 10.9. The van der Waals surface area contributed by atoms with Gasteiger partial charge in [-0.1, -0.05) is 6.42 Å². The van der Waals surface area contributed by atoms with Gasteiger partial charge in [-0.15, -0.1) is 0 Å². The summed E-state index contributed by atoms with van der Waals surface area (Å²) in [5.41, 5.74) is 10.9. The molecule has 2 saturated heterocycles. The average molecular weight is 268 g/mol. The van der Waals surface area contributed by atoms with E-state index in [0.717, 1.165) is 25.7 Å². The summed E-state index contributed by atoms with van der Waals surface area (Å²) >= 11 is 0. The molecule has 2 aliphatic rings. The van der Waals surface area contributed by atoms with Crippen molar-refractivity contribution in [2.45, 2.75) is 50.6 Å². The van der Waals surface area contributed by atoms with Crippen molar-refractivity contribution in [2.24, 2.45) is 11.5 Å². The highest BCUT2D eigenvalue weighted by atomic mass is 16.1. The molecule has 0 aromatic heterocycles. The van der Waals surface area contributed by atoms with Gasteiger partial charge >= 0.3 is 0 Å². The van der Waals surface area contributed by atoms with Gasteiger partial charge in [0.25, 0.3) is 0 Å². The van der Waals surface area contributed by atoms with Crippen molar-refractivity contribution in [2.75, 3.05) is 32.7 Å². The van der Waals surface area contributed by atoms with Crippen LogP contribution >= 0.6 is 0 Å². The zero-order valence-electron chi connectivity index (χ0n) is 11.9. The lowest BCUT2D eigenvalue weighted by Gasteiger charge is -2.40. The van der Waals surface area contributed by atoms with Crippen LogP contribution in [0.4, 0.5) is 0 Å². The number of carbonyl (C=O) groups is 1. The Morgan fingerprint density at radius 1 is 1.11 bits per heavy atom. The van der Waals surface area contributed by atoms with Gasteiger partial charge in [0.15, 0.2) is 0 Å². The quantitative estimate of drug-likeness (QED) is 0.743. The number of rotatable bonds is 5. The van der Waals surface area contributed by atoms with Crippen LogP contribution in [0.15, 0.2) is 0 Å². The lowest BCUT2D eigenvalue weighted by molar-refractivity contribution is -0.119. The summed E-state index contributed by atoms with van der Waals surface area (Å²) in [6.07, 6.45) is 7.34. The normalized spacial score (nSPS) is 25.3. The molecule has 0 aromatic rings. The lowest BCUT2D eigenvalue weighted by atomic mass is 9.99. The fourth-order valence-corrected chi connectivity index (χ4v) is 3.26. The van der Waals surface area contributed by atoms with Crippen molar-refractivity contribution in [3.8, 4) is 0 Å². The van der Waals surface area contributed by atoms with E-state index in [0.29, 0.717) is 6.42 Å². The number of piperidine rings is 2. The monoisotopic (exact) mass is 268 g/mol. The molecule has 1 atom stereocenters. The van der Waals surface area contributed by atoms with E-state index >= 15 is 0 Å². The van der Waals surface area contributed by atoms with Gasteiger partial charge in [0, 0.05) is 12.6 Å². The van der Waals surface area contributed by atoms with E-state index in [1.54, 1.807) is 0 Å². The van der Waals surface area contributed by atoms with Crippen molar-refractivity contribution in [1.29, 1.82) is 0 Å². The average Bonchev–Trinajstić information content (AvgIpc) is 2.46. The molecule has 2 aliphatic heterocycles. The fraction of sp³-hybridized carbons (Fsp3) is 0.929. The molecule has 4 N–H and O–H groups in total. The second-order valence-electron chi connectivity index (χ2n) is 5.97. The predicted octanol–water partition coefficient (Wildman–Crippen LogP) is 0.139. The Hall–Kier alpha value is -0.650. The second-order valence-corrected chi connectivity index (χ2v) is 5.97. The van der Waals surface area contributed by atoms with Gasteiger partial charge in [-0.3, -0.25) is 4.79 Å². The molecule has 2 heterocycles. The molecule has 19 heavy (non-hydrogen) atoms. The number of likely N-dealkylation sites (tertiary alicyclic amines) is 2. The highest BCUT2D eigenvalue weighted by Gasteiger charge is 2.25. The maximum atomic E-state index is 10.9. The van der Waals surface area contributed by atoms with Crippen molar-refractivity contribution >= 4 is 5.91 Å². The smallest absolute Gasteiger partial charge is 0.234 e. The summed E-state index contributed by atoms with van der Waals surface area (Å²) in [6, 6.07) is 0.293. The molecule has 1 amide bonds. The third-order valence-corrected chi connectivity index (χ3v) is 4.59. The second kappa shape index (κ2) is 7.22. The number of nitrogens with two attached hydrogens (primary N) is 2. The summed E-state index contributed by atoms with van der Waals surface area (Å²) in [7, 11) is 0. The van der Waals surface area contributed by atoms with Crippen molar-refractivity contribution < 1.29 is 4.79 Å². The Labute approximate surface area is 116 Å². The Morgan fingerprint density at radius 3 is 2.32 bits per heavy atom. The van der Waals surface area contributed by atoms with E-state index in [-0.39, 0.29) is 5.91 Å². The largest absolute Gasteiger partial charge is 0.368 e. The van der Waals surface area contributed by atoms with E-state index in [1.165, 1.54) is 45.2 Å². The van der Waals surface area contributed by atoms with Gasteiger partial charge in [-0.25, -0.2) is 0 Å². The summed E-state index contributed by atoms with van der Waals surface area (Å²) in [5, 5.41) is 0. The van der Waals surface area contributed by atoms with E-state index in [1.807, 2.05) is 0 Å². The number of carbonyl (C=O) groups excluding carboxylic acids is 1. The lowest BCUT2D eigenvalue weighted by Crippen LogP contribution is -2.47. The molecule has 0 aromatic carbocycles. The van der Waals surface area contributed by atoms with Gasteiger partial charge in [0.05, 0.1) is 6.04 Å². The topological polar surface area (TPSA) is 75.6 Å². The maximum Gasteiger partial charge on any atom is 0.234 e.